The third kappa shape index (κ3) is 2.43. The molecule has 8 nitrogen and oxygen atoms in total. The van der Waals surface area contributed by atoms with E-state index in [0.717, 1.165) is 0 Å². The molecule has 1 rings (SSSR count). The highest BCUT2D eigenvalue weighted by Crippen LogP contribution is 2.11. The van der Waals surface area contributed by atoms with Gasteiger partial charge in [0.2, 0.25) is 5.90 Å². The summed E-state index contributed by atoms with van der Waals surface area (Å²) in [5.41, 5.74) is 6.59. The predicted molar refractivity (Wildman–Crippen MR) is 40.9 cm³/mol. The topological polar surface area (TPSA) is 120 Å². The molecule has 0 aliphatic carbocycles. The van der Waals surface area contributed by atoms with Crippen LogP contribution in [0.2, 0.25) is 0 Å². The van der Waals surface area contributed by atoms with E-state index in [1.54, 1.807) is 0 Å². The van der Waals surface area contributed by atoms with Crippen LogP contribution in [0.25, 0.3) is 0 Å². The maximum Gasteiger partial charge on any atom is 0.430 e. The van der Waals surface area contributed by atoms with E-state index in [-0.39, 0.29) is 12.3 Å². The van der Waals surface area contributed by atoms with Gasteiger partial charge >= 0.3 is 11.9 Å². The average molecular weight is 186 g/mol. The van der Waals surface area contributed by atoms with Crippen molar-refractivity contribution < 1.29 is 14.5 Å². The molecule has 1 aliphatic heterocycles. The number of ether oxygens (including phenoxy) is 1. The molecule has 8 heteroatoms. The van der Waals surface area contributed by atoms with Crippen molar-refractivity contribution in [3.63, 3.8) is 0 Å². The normalized spacial score (nSPS) is 17.8. The van der Waals surface area contributed by atoms with Crippen LogP contribution in [0.1, 0.15) is 6.42 Å². The number of hydrogen-bond acceptors (Lipinski definition) is 5. The van der Waals surface area contributed by atoms with Gasteiger partial charge in [-0.1, -0.05) is 0 Å². The molecule has 70 valence electrons. The highest BCUT2D eigenvalue weighted by molar-refractivity contribution is 5.82. The third-order valence-electron chi connectivity index (χ3n) is 1.14. The molecule has 0 aromatic carbocycles. The second kappa shape index (κ2) is 3.52. The fourth-order valence-electron chi connectivity index (χ4n) is 0.676. The Morgan fingerprint density at radius 1 is 1.85 bits per heavy atom. The Kier molecular flexibility index (Phi) is 2.43. The van der Waals surface area contributed by atoms with Gasteiger partial charge in [-0.3, -0.25) is 10.1 Å². The lowest BCUT2D eigenvalue weighted by Gasteiger charge is -1.96. The minimum Gasteiger partial charge on any atom is -0.385 e. The van der Waals surface area contributed by atoms with E-state index in [1.165, 1.54) is 6.08 Å². The quantitative estimate of drug-likeness (QED) is 0.446. The first kappa shape index (κ1) is 8.97. The Morgan fingerprint density at radius 2 is 2.54 bits per heavy atom. The number of carbonyl (C=O) groups is 1. The molecular formula is C5H6N4O4. The predicted octanol–water partition coefficient (Wildman–Crippen LogP) is -0.493. The molecule has 0 fully saturated rings. The van der Waals surface area contributed by atoms with Crippen LogP contribution >= 0.6 is 0 Å². The number of nitrogens with two attached hydrogens (primary N) is 1. The van der Waals surface area contributed by atoms with Crippen LogP contribution in [-0.4, -0.2) is 16.9 Å². The first-order chi connectivity index (χ1) is 6.09. The van der Waals surface area contributed by atoms with E-state index in [9.17, 15) is 14.9 Å². The Balaban J connectivity index is 2.50. The van der Waals surface area contributed by atoms with Crippen LogP contribution in [0.15, 0.2) is 17.1 Å². The molecule has 0 bridgehead atoms. The Bertz CT molecular complexity index is 308. The van der Waals surface area contributed by atoms with Crippen LogP contribution in [0, 0.1) is 10.1 Å². The molecule has 0 aromatic rings. The van der Waals surface area contributed by atoms with Crippen LogP contribution in [-0.2, 0) is 4.74 Å². The Morgan fingerprint density at radius 3 is 3.00 bits per heavy atom. The summed E-state index contributed by atoms with van der Waals surface area (Å²) in [6.45, 7) is 0. The summed E-state index contributed by atoms with van der Waals surface area (Å²) in [4.78, 5) is 19.6. The van der Waals surface area contributed by atoms with Gasteiger partial charge in [-0.2, -0.15) is 0 Å². The summed E-state index contributed by atoms with van der Waals surface area (Å²) in [7, 11) is 0. The number of primary amides is 1. The number of amides is 2. The molecule has 0 spiro atoms. The van der Waals surface area contributed by atoms with Gasteiger partial charge in [-0.05, 0) is 0 Å². The van der Waals surface area contributed by atoms with E-state index in [0.29, 0.717) is 0 Å². The lowest BCUT2D eigenvalue weighted by Crippen LogP contribution is -2.25. The number of carbonyl (C=O) groups excluding carboxylic acids is 1. The Labute approximate surface area is 72.2 Å². The second-order valence-corrected chi connectivity index (χ2v) is 2.09. The summed E-state index contributed by atoms with van der Waals surface area (Å²) >= 11 is 0. The number of nitro groups is 1. The van der Waals surface area contributed by atoms with Crippen molar-refractivity contribution in [3.05, 3.63) is 22.1 Å². The standard InChI is InChI=1S/C5H6N4O4/c6-5(10)8-7-3-1-2-4(13-3)9(11)12/h2H,1H2,(H3,6,8,10). The van der Waals surface area contributed by atoms with E-state index in [1.807, 2.05) is 5.43 Å². The zero-order chi connectivity index (χ0) is 9.84. The smallest absolute Gasteiger partial charge is 0.385 e. The van der Waals surface area contributed by atoms with Crippen LogP contribution in [0.3, 0.4) is 0 Å². The van der Waals surface area contributed by atoms with Gasteiger partial charge in [-0.25, -0.2) is 10.2 Å². The number of nitrogens with one attached hydrogen (secondary N) is 1. The molecule has 2 amide bonds. The fraction of sp³-hybridized carbons (Fsp3) is 0.200. The van der Waals surface area contributed by atoms with Gasteiger partial charge in [0.1, 0.15) is 4.92 Å². The fourth-order valence-corrected chi connectivity index (χ4v) is 0.676. The van der Waals surface area contributed by atoms with Gasteiger partial charge in [0.25, 0.3) is 0 Å². The lowest BCUT2D eigenvalue weighted by atomic mass is 10.4. The maximum absolute atomic E-state index is 10.2. The first-order valence-electron chi connectivity index (χ1n) is 3.24. The molecular weight excluding hydrogens is 180 g/mol. The van der Waals surface area contributed by atoms with Crippen molar-refractivity contribution in [2.45, 2.75) is 6.42 Å². The summed E-state index contributed by atoms with van der Waals surface area (Å²) < 4.78 is 4.62. The van der Waals surface area contributed by atoms with E-state index < -0.39 is 16.8 Å². The van der Waals surface area contributed by atoms with Gasteiger partial charge in [0, 0.05) is 6.08 Å². The average Bonchev–Trinajstić information content (AvgIpc) is 2.48. The molecule has 13 heavy (non-hydrogen) atoms. The highest BCUT2D eigenvalue weighted by atomic mass is 16.7. The van der Waals surface area contributed by atoms with Crippen LogP contribution in [0.4, 0.5) is 4.79 Å². The maximum atomic E-state index is 10.2. The molecule has 0 atom stereocenters. The molecule has 0 saturated carbocycles. The van der Waals surface area contributed by atoms with Crippen molar-refractivity contribution in [2.24, 2.45) is 10.8 Å². The largest absolute Gasteiger partial charge is 0.430 e. The molecule has 0 unspecified atom stereocenters. The number of nitrogens with zero attached hydrogens (tertiary/aromatic N) is 2. The molecule has 0 aromatic heterocycles. The minimum absolute atomic E-state index is 0.0329. The molecule has 3 N–H and O–H groups in total. The van der Waals surface area contributed by atoms with Gasteiger partial charge in [0.05, 0.1) is 6.42 Å². The van der Waals surface area contributed by atoms with Crippen LogP contribution < -0.4 is 11.2 Å². The number of rotatable bonds is 2. The van der Waals surface area contributed by atoms with Gasteiger partial charge in [0.15, 0.2) is 0 Å². The van der Waals surface area contributed by atoms with Gasteiger partial charge in [-0.15, -0.1) is 5.10 Å². The Hall–Kier alpha value is -2.12. The SMILES string of the molecule is NC(=O)NN=C1CC=C([N+](=O)[O-])O1. The van der Waals surface area contributed by atoms with Crippen molar-refractivity contribution in [1.29, 1.82) is 0 Å². The van der Waals surface area contributed by atoms with E-state index in [2.05, 4.69) is 9.84 Å². The van der Waals surface area contributed by atoms with Crippen LogP contribution in [0.5, 0.6) is 0 Å². The van der Waals surface area contributed by atoms with Crippen molar-refractivity contribution in [3.8, 4) is 0 Å². The summed E-state index contributed by atoms with van der Waals surface area (Å²) in [5, 5.41) is 13.5. The van der Waals surface area contributed by atoms with Crippen molar-refractivity contribution in [2.75, 3.05) is 0 Å². The number of urea groups is 1. The zero-order valence-corrected chi connectivity index (χ0v) is 6.39. The lowest BCUT2D eigenvalue weighted by molar-refractivity contribution is -0.454. The molecule has 0 radical (unpaired) electrons. The number of hydrazone groups is 1. The zero-order valence-electron chi connectivity index (χ0n) is 6.39. The molecule has 0 saturated heterocycles. The summed E-state index contributed by atoms with van der Waals surface area (Å²) in [6, 6.07) is -0.856. The summed E-state index contributed by atoms with van der Waals surface area (Å²) in [6.07, 6.45) is 1.40. The highest BCUT2D eigenvalue weighted by Gasteiger charge is 2.22. The van der Waals surface area contributed by atoms with Gasteiger partial charge < -0.3 is 10.5 Å². The molecule has 1 heterocycles. The van der Waals surface area contributed by atoms with E-state index in [4.69, 9.17) is 5.73 Å². The summed E-state index contributed by atoms with van der Waals surface area (Å²) in [5.74, 6) is -0.365. The minimum atomic E-state index is -0.856. The monoisotopic (exact) mass is 186 g/mol. The third-order valence-corrected chi connectivity index (χ3v) is 1.14. The van der Waals surface area contributed by atoms with Crippen molar-refractivity contribution >= 4 is 11.9 Å². The van der Waals surface area contributed by atoms with Crippen molar-refractivity contribution in [1.82, 2.24) is 5.43 Å². The second-order valence-electron chi connectivity index (χ2n) is 2.09. The molecule has 1 aliphatic rings. The number of hydrogen-bond donors (Lipinski definition) is 2. The van der Waals surface area contributed by atoms with E-state index >= 15 is 0 Å². The first-order valence-corrected chi connectivity index (χ1v) is 3.24.